The van der Waals surface area contributed by atoms with E-state index in [1.165, 1.54) is 17.7 Å². The molecule has 3 aromatic carbocycles. The number of rotatable bonds is 9. The maximum Gasteiger partial charge on any atom is 0.123 e. The van der Waals surface area contributed by atoms with Crippen LogP contribution >= 0.6 is 0 Å². The molecule has 0 unspecified atom stereocenters. The largest absolute Gasteiger partial charge is 0.394 e. The molecule has 0 atom stereocenters. The Hall–Kier alpha value is -2.99. The quantitative estimate of drug-likeness (QED) is 0.460. The lowest BCUT2D eigenvalue weighted by molar-refractivity contribution is 0.152. The molecule has 0 bridgehead atoms. The fourth-order valence-electron chi connectivity index (χ4n) is 3.41. The SMILES string of the molecule is CC(C)N(Cc1ccc(-c2ccc(C=CC(N)(CO)CO)cc2)cc1)c1ccc(F)cc1. The van der Waals surface area contributed by atoms with Crippen molar-refractivity contribution in [2.75, 3.05) is 18.1 Å². The van der Waals surface area contributed by atoms with Gasteiger partial charge in [0, 0.05) is 18.3 Å². The predicted molar refractivity (Wildman–Crippen MR) is 130 cm³/mol. The minimum atomic E-state index is -1.12. The molecular formula is C27H31FN2O2. The van der Waals surface area contributed by atoms with Gasteiger partial charge in [-0.2, -0.15) is 0 Å². The van der Waals surface area contributed by atoms with E-state index in [-0.39, 0.29) is 25.1 Å². The van der Waals surface area contributed by atoms with E-state index in [1.54, 1.807) is 12.2 Å². The lowest BCUT2D eigenvalue weighted by Gasteiger charge is -2.29. The molecule has 4 nitrogen and oxygen atoms in total. The van der Waals surface area contributed by atoms with Crippen LogP contribution in [0.25, 0.3) is 17.2 Å². The number of aliphatic hydroxyl groups excluding tert-OH is 2. The molecule has 0 aromatic heterocycles. The Morgan fingerprint density at radius 1 is 0.875 bits per heavy atom. The Kier molecular flexibility index (Phi) is 7.80. The second kappa shape index (κ2) is 10.6. The summed E-state index contributed by atoms with van der Waals surface area (Å²) in [5.74, 6) is -0.229. The first-order valence-corrected chi connectivity index (χ1v) is 10.7. The summed E-state index contributed by atoms with van der Waals surface area (Å²) in [5, 5.41) is 18.6. The fraction of sp³-hybridized carbons (Fsp3) is 0.259. The molecule has 3 rings (SSSR count). The fourth-order valence-corrected chi connectivity index (χ4v) is 3.41. The van der Waals surface area contributed by atoms with Crippen molar-refractivity contribution >= 4 is 11.8 Å². The van der Waals surface area contributed by atoms with Crippen molar-refractivity contribution in [1.82, 2.24) is 0 Å². The molecule has 0 aliphatic rings. The first-order chi connectivity index (χ1) is 15.3. The smallest absolute Gasteiger partial charge is 0.123 e. The third-order valence-electron chi connectivity index (χ3n) is 5.53. The molecule has 0 saturated heterocycles. The molecule has 5 heteroatoms. The van der Waals surface area contributed by atoms with Gasteiger partial charge in [0.2, 0.25) is 0 Å². The third-order valence-corrected chi connectivity index (χ3v) is 5.53. The highest BCUT2D eigenvalue weighted by molar-refractivity contribution is 5.66. The third kappa shape index (κ3) is 6.04. The number of hydrogen-bond donors (Lipinski definition) is 3. The van der Waals surface area contributed by atoms with Gasteiger partial charge in [-0.05, 0) is 60.4 Å². The molecule has 32 heavy (non-hydrogen) atoms. The van der Waals surface area contributed by atoms with Crippen LogP contribution in [0.5, 0.6) is 0 Å². The van der Waals surface area contributed by atoms with E-state index in [4.69, 9.17) is 5.73 Å². The van der Waals surface area contributed by atoms with Gasteiger partial charge in [-0.1, -0.05) is 60.7 Å². The van der Waals surface area contributed by atoms with Gasteiger partial charge in [-0.15, -0.1) is 0 Å². The highest BCUT2D eigenvalue weighted by atomic mass is 19.1. The molecule has 168 valence electrons. The molecule has 0 aliphatic carbocycles. The molecular weight excluding hydrogens is 403 g/mol. The standard InChI is InChI=1S/C27H31FN2O2/c1-20(2)30(26-13-11-25(28)12-14-26)17-22-5-9-24(10-6-22)23-7-3-21(4-8-23)15-16-27(29,18-31)19-32/h3-16,20,31-32H,17-19,29H2,1-2H3. The highest BCUT2D eigenvalue weighted by Crippen LogP contribution is 2.24. The minimum Gasteiger partial charge on any atom is -0.394 e. The van der Waals surface area contributed by atoms with Crippen LogP contribution in [0, 0.1) is 5.82 Å². The summed E-state index contributed by atoms with van der Waals surface area (Å²) in [6.45, 7) is 4.36. The van der Waals surface area contributed by atoms with Crippen molar-refractivity contribution in [3.63, 3.8) is 0 Å². The van der Waals surface area contributed by atoms with E-state index < -0.39 is 5.54 Å². The van der Waals surface area contributed by atoms with Crippen molar-refractivity contribution in [3.05, 3.63) is 95.8 Å². The highest BCUT2D eigenvalue weighted by Gasteiger charge is 2.18. The summed E-state index contributed by atoms with van der Waals surface area (Å²) in [6.07, 6.45) is 3.42. The van der Waals surface area contributed by atoms with Crippen LogP contribution in [-0.4, -0.2) is 35.0 Å². The number of aliphatic hydroxyl groups is 2. The van der Waals surface area contributed by atoms with Crippen molar-refractivity contribution in [2.24, 2.45) is 5.73 Å². The molecule has 0 fully saturated rings. The van der Waals surface area contributed by atoms with Crippen LogP contribution in [0.1, 0.15) is 25.0 Å². The van der Waals surface area contributed by atoms with Gasteiger partial charge in [-0.3, -0.25) is 0 Å². The van der Waals surface area contributed by atoms with Gasteiger partial charge >= 0.3 is 0 Å². The van der Waals surface area contributed by atoms with Gasteiger partial charge in [0.15, 0.2) is 0 Å². The van der Waals surface area contributed by atoms with Crippen LogP contribution in [0.4, 0.5) is 10.1 Å². The second-order valence-corrected chi connectivity index (χ2v) is 8.40. The molecule has 0 aliphatic heterocycles. The van der Waals surface area contributed by atoms with Crippen molar-refractivity contribution in [1.29, 1.82) is 0 Å². The Morgan fingerprint density at radius 2 is 1.41 bits per heavy atom. The average Bonchev–Trinajstić information content (AvgIpc) is 2.82. The number of benzene rings is 3. The van der Waals surface area contributed by atoms with E-state index in [1.807, 2.05) is 36.4 Å². The van der Waals surface area contributed by atoms with E-state index >= 15 is 0 Å². The van der Waals surface area contributed by atoms with E-state index in [9.17, 15) is 14.6 Å². The van der Waals surface area contributed by atoms with E-state index in [0.29, 0.717) is 0 Å². The summed E-state index contributed by atoms with van der Waals surface area (Å²) in [4.78, 5) is 2.24. The molecule has 0 saturated carbocycles. The Labute approximate surface area is 189 Å². The topological polar surface area (TPSA) is 69.7 Å². The number of nitrogens with zero attached hydrogens (tertiary/aromatic N) is 1. The van der Waals surface area contributed by atoms with Gasteiger partial charge < -0.3 is 20.8 Å². The summed E-state index contributed by atoms with van der Waals surface area (Å²) < 4.78 is 13.3. The average molecular weight is 435 g/mol. The van der Waals surface area contributed by atoms with Crippen molar-refractivity contribution in [2.45, 2.75) is 32.0 Å². The zero-order valence-corrected chi connectivity index (χ0v) is 18.6. The molecule has 0 amide bonds. The zero-order chi connectivity index (χ0) is 23.1. The van der Waals surface area contributed by atoms with Gasteiger partial charge in [0.05, 0.1) is 18.8 Å². The number of nitrogens with two attached hydrogens (primary N) is 1. The van der Waals surface area contributed by atoms with E-state index in [0.717, 1.165) is 28.9 Å². The lowest BCUT2D eigenvalue weighted by Crippen LogP contribution is -2.45. The molecule has 3 aromatic rings. The number of anilines is 1. The number of hydrogen-bond acceptors (Lipinski definition) is 4. The van der Waals surface area contributed by atoms with Gasteiger partial charge in [0.25, 0.3) is 0 Å². The second-order valence-electron chi connectivity index (χ2n) is 8.40. The van der Waals surface area contributed by atoms with Crippen LogP contribution < -0.4 is 10.6 Å². The van der Waals surface area contributed by atoms with E-state index in [2.05, 4.69) is 43.0 Å². The Balaban J connectivity index is 1.71. The number of halogens is 1. The minimum absolute atomic E-state index is 0.229. The summed E-state index contributed by atoms with van der Waals surface area (Å²) in [7, 11) is 0. The van der Waals surface area contributed by atoms with Gasteiger partial charge in [0.1, 0.15) is 5.82 Å². The summed E-state index contributed by atoms with van der Waals surface area (Å²) >= 11 is 0. The van der Waals surface area contributed by atoms with Crippen LogP contribution in [0.2, 0.25) is 0 Å². The van der Waals surface area contributed by atoms with Crippen LogP contribution in [0.15, 0.2) is 78.9 Å². The van der Waals surface area contributed by atoms with Crippen molar-refractivity contribution in [3.8, 4) is 11.1 Å². The summed E-state index contributed by atoms with van der Waals surface area (Å²) in [5.41, 5.74) is 10.1. The van der Waals surface area contributed by atoms with Crippen molar-refractivity contribution < 1.29 is 14.6 Å². The lowest BCUT2D eigenvalue weighted by atomic mass is 9.99. The zero-order valence-electron chi connectivity index (χ0n) is 18.6. The summed E-state index contributed by atoms with van der Waals surface area (Å²) in [6, 6.07) is 23.4. The Morgan fingerprint density at radius 3 is 1.91 bits per heavy atom. The predicted octanol–water partition coefficient (Wildman–Crippen LogP) is 4.60. The molecule has 0 spiro atoms. The normalized spacial score (nSPS) is 12.0. The first kappa shape index (κ1) is 23.7. The monoisotopic (exact) mass is 434 g/mol. The molecule has 4 N–H and O–H groups in total. The maximum absolute atomic E-state index is 13.3. The van der Waals surface area contributed by atoms with Crippen LogP contribution in [-0.2, 0) is 6.54 Å². The first-order valence-electron chi connectivity index (χ1n) is 10.7. The van der Waals surface area contributed by atoms with Crippen LogP contribution in [0.3, 0.4) is 0 Å². The molecule has 0 heterocycles. The maximum atomic E-state index is 13.3. The van der Waals surface area contributed by atoms with Gasteiger partial charge in [-0.25, -0.2) is 4.39 Å². The molecule has 0 radical (unpaired) electrons. The Bertz CT molecular complexity index is 1010.